The number of hydrogen-bond acceptors (Lipinski definition) is 7. The number of alkyl carbamates (subject to hydrolysis) is 1. The fourth-order valence-electron chi connectivity index (χ4n) is 4.68. The Morgan fingerprint density at radius 3 is 2.40 bits per heavy atom. The average molecular weight is 586 g/mol. The number of methoxy groups -OCH3 is 1. The third-order valence-corrected chi connectivity index (χ3v) is 6.69. The van der Waals surface area contributed by atoms with E-state index < -0.39 is 18.2 Å². The van der Waals surface area contributed by atoms with E-state index in [9.17, 15) is 9.59 Å². The lowest BCUT2D eigenvalue weighted by molar-refractivity contribution is 0.0673. The highest BCUT2D eigenvalue weighted by Gasteiger charge is 2.20. The molecule has 1 heterocycles. The second-order valence-corrected chi connectivity index (χ2v) is 10.5. The van der Waals surface area contributed by atoms with Crippen molar-refractivity contribution >= 4 is 23.5 Å². The van der Waals surface area contributed by atoms with Crippen LogP contribution in [0.25, 0.3) is 11.3 Å². The summed E-state index contributed by atoms with van der Waals surface area (Å²) in [6.07, 6.45) is 2.03. The number of carbonyl (C=O) groups excluding carboxylic acids is 2. The molecule has 10 nitrogen and oxygen atoms in total. The second-order valence-electron chi connectivity index (χ2n) is 10.5. The minimum Gasteiger partial charge on any atom is -0.496 e. The van der Waals surface area contributed by atoms with Gasteiger partial charge in [-0.05, 0) is 47.9 Å². The van der Waals surface area contributed by atoms with Crippen LogP contribution in [0.1, 0.15) is 38.0 Å². The summed E-state index contributed by atoms with van der Waals surface area (Å²) in [5, 5.41) is 8.48. The van der Waals surface area contributed by atoms with Crippen molar-refractivity contribution in [2.75, 3.05) is 37.4 Å². The normalized spacial score (nSPS) is 11.7. The summed E-state index contributed by atoms with van der Waals surface area (Å²) < 4.78 is 16.7. The van der Waals surface area contributed by atoms with Gasteiger partial charge in [0, 0.05) is 37.1 Å². The topological polar surface area (TPSA) is 118 Å². The Morgan fingerprint density at radius 2 is 1.72 bits per heavy atom. The molecule has 3 aromatic carbocycles. The highest BCUT2D eigenvalue weighted by atomic mass is 16.6. The molecule has 4 aromatic rings. The van der Waals surface area contributed by atoms with Gasteiger partial charge in [-0.1, -0.05) is 63.2 Å². The van der Waals surface area contributed by atoms with E-state index in [1.54, 1.807) is 43.6 Å². The number of carbonyl (C=O) groups is 2. The molecule has 10 heteroatoms. The van der Waals surface area contributed by atoms with Gasteiger partial charge in [0.05, 0.1) is 18.9 Å². The first-order valence-electron chi connectivity index (χ1n) is 14.3. The smallest absolute Gasteiger partial charge is 0.408 e. The Bertz CT molecular complexity index is 1460. The van der Waals surface area contributed by atoms with Gasteiger partial charge in [-0.15, -0.1) is 0 Å². The first kappa shape index (κ1) is 31.1. The molecule has 3 amide bonds. The number of amides is 3. The fraction of sp³-hybridized carbons (Fsp3) is 0.303. The number of urea groups is 1. The standard InChI is InChI=1S/C33H39N5O5/c1-5-38(20-23(2)3)21-31(25-11-7-6-8-12-25)43-33(40)35-18-24-10-9-13-26(16-24)36-32(39)37-27-14-15-28(29(17-27)41-4)30-19-34-22-42-30/h6-17,19,22-23,31H,5,18,20-21H2,1-4H3,(H,35,40)(H2,36,37,39). The quantitative estimate of drug-likeness (QED) is 0.156. The number of benzene rings is 3. The van der Waals surface area contributed by atoms with E-state index in [-0.39, 0.29) is 6.54 Å². The van der Waals surface area contributed by atoms with Gasteiger partial charge < -0.3 is 29.8 Å². The third-order valence-electron chi connectivity index (χ3n) is 6.69. The summed E-state index contributed by atoms with van der Waals surface area (Å²) in [5.74, 6) is 1.60. The highest BCUT2D eigenvalue weighted by molar-refractivity contribution is 6.00. The molecular weight excluding hydrogens is 546 g/mol. The molecule has 226 valence electrons. The molecule has 0 spiro atoms. The molecule has 4 rings (SSSR count). The van der Waals surface area contributed by atoms with Crippen molar-refractivity contribution in [3.05, 3.63) is 96.5 Å². The minimum absolute atomic E-state index is 0.237. The lowest BCUT2D eigenvalue weighted by Crippen LogP contribution is -2.35. The molecule has 3 N–H and O–H groups in total. The molecule has 1 atom stereocenters. The Morgan fingerprint density at radius 1 is 0.953 bits per heavy atom. The highest BCUT2D eigenvalue weighted by Crippen LogP contribution is 2.32. The molecule has 0 aliphatic carbocycles. The van der Waals surface area contributed by atoms with Crippen molar-refractivity contribution in [3.63, 3.8) is 0 Å². The molecule has 0 saturated heterocycles. The van der Waals surface area contributed by atoms with Crippen LogP contribution < -0.4 is 20.7 Å². The zero-order valence-electron chi connectivity index (χ0n) is 25.0. The van der Waals surface area contributed by atoms with Gasteiger partial charge >= 0.3 is 12.1 Å². The van der Waals surface area contributed by atoms with Gasteiger partial charge in [-0.3, -0.25) is 4.90 Å². The lowest BCUT2D eigenvalue weighted by Gasteiger charge is -2.28. The van der Waals surface area contributed by atoms with Crippen molar-refractivity contribution in [1.82, 2.24) is 15.2 Å². The van der Waals surface area contributed by atoms with Crippen LogP contribution >= 0.6 is 0 Å². The van der Waals surface area contributed by atoms with Crippen LogP contribution in [-0.2, 0) is 11.3 Å². The van der Waals surface area contributed by atoms with E-state index in [4.69, 9.17) is 13.9 Å². The maximum absolute atomic E-state index is 12.9. The van der Waals surface area contributed by atoms with E-state index in [2.05, 4.69) is 46.6 Å². The van der Waals surface area contributed by atoms with Gasteiger partial charge in [-0.25, -0.2) is 14.6 Å². The Hall–Kier alpha value is -4.83. The van der Waals surface area contributed by atoms with Crippen LogP contribution in [0.4, 0.5) is 21.0 Å². The molecule has 0 fully saturated rings. The number of ether oxygens (including phenoxy) is 2. The summed E-state index contributed by atoms with van der Waals surface area (Å²) in [7, 11) is 1.54. The minimum atomic E-state index is -0.506. The number of nitrogens with zero attached hydrogens (tertiary/aromatic N) is 2. The second kappa shape index (κ2) is 15.4. The maximum Gasteiger partial charge on any atom is 0.408 e. The largest absolute Gasteiger partial charge is 0.496 e. The van der Waals surface area contributed by atoms with Crippen molar-refractivity contribution in [2.45, 2.75) is 33.4 Å². The molecule has 1 unspecified atom stereocenters. The SMILES string of the molecule is CCN(CC(C)C)CC(OC(=O)NCc1cccc(NC(=O)Nc2ccc(-c3cnco3)c(OC)c2)c1)c1ccccc1. The van der Waals surface area contributed by atoms with Crippen LogP contribution in [0, 0.1) is 5.92 Å². The summed E-state index contributed by atoms with van der Waals surface area (Å²) in [4.78, 5) is 31.8. The lowest BCUT2D eigenvalue weighted by atomic mass is 10.1. The predicted molar refractivity (Wildman–Crippen MR) is 167 cm³/mol. The number of nitrogens with one attached hydrogen (secondary N) is 3. The number of anilines is 2. The van der Waals surface area contributed by atoms with Crippen LogP contribution in [0.15, 0.2) is 89.8 Å². The number of hydrogen-bond donors (Lipinski definition) is 3. The Labute approximate surface area is 252 Å². The van der Waals surface area contributed by atoms with Crippen molar-refractivity contribution < 1.29 is 23.5 Å². The molecule has 0 aliphatic rings. The number of aromatic nitrogens is 1. The number of likely N-dealkylation sites (N-methyl/N-ethyl adjacent to an activating group) is 1. The van der Waals surface area contributed by atoms with E-state index in [1.165, 1.54) is 6.39 Å². The predicted octanol–water partition coefficient (Wildman–Crippen LogP) is 6.94. The third kappa shape index (κ3) is 9.34. The van der Waals surface area contributed by atoms with Gasteiger partial charge in [0.25, 0.3) is 0 Å². The van der Waals surface area contributed by atoms with Gasteiger partial charge in [0.15, 0.2) is 12.2 Å². The van der Waals surface area contributed by atoms with Gasteiger partial charge in [-0.2, -0.15) is 0 Å². The molecule has 1 aromatic heterocycles. The molecular formula is C33H39N5O5. The van der Waals surface area contributed by atoms with E-state index in [0.29, 0.717) is 35.3 Å². The van der Waals surface area contributed by atoms with Gasteiger partial charge in [0.1, 0.15) is 11.9 Å². The first-order chi connectivity index (χ1) is 20.8. The number of rotatable bonds is 13. The van der Waals surface area contributed by atoms with Crippen LogP contribution in [-0.4, -0.2) is 48.8 Å². The monoisotopic (exact) mass is 585 g/mol. The van der Waals surface area contributed by atoms with Gasteiger partial charge in [0.2, 0.25) is 0 Å². The Kier molecular flexibility index (Phi) is 11.2. The molecule has 43 heavy (non-hydrogen) atoms. The molecule has 0 aliphatic heterocycles. The average Bonchev–Trinajstić information content (AvgIpc) is 3.54. The van der Waals surface area contributed by atoms with Crippen LogP contribution in [0.3, 0.4) is 0 Å². The summed E-state index contributed by atoms with van der Waals surface area (Å²) in [5.41, 5.74) is 3.59. The summed E-state index contributed by atoms with van der Waals surface area (Å²) >= 11 is 0. The molecule has 0 saturated carbocycles. The van der Waals surface area contributed by atoms with E-state index in [1.807, 2.05) is 42.5 Å². The van der Waals surface area contributed by atoms with Crippen molar-refractivity contribution in [2.24, 2.45) is 5.92 Å². The Balaban J connectivity index is 1.33. The number of oxazole rings is 1. The van der Waals surface area contributed by atoms with Crippen molar-refractivity contribution in [3.8, 4) is 17.1 Å². The first-order valence-corrected chi connectivity index (χ1v) is 14.3. The summed E-state index contributed by atoms with van der Waals surface area (Å²) in [6.45, 7) is 9.09. The zero-order chi connectivity index (χ0) is 30.6. The van der Waals surface area contributed by atoms with E-state index in [0.717, 1.165) is 29.8 Å². The fourth-order valence-corrected chi connectivity index (χ4v) is 4.68. The van der Waals surface area contributed by atoms with Crippen LogP contribution in [0.5, 0.6) is 5.75 Å². The molecule has 0 bridgehead atoms. The summed E-state index contributed by atoms with van der Waals surface area (Å²) in [6, 6.07) is 21.8. The molecule has 0 radical (unpaired) electrons. The zero-order valence-corrected chi connectivity index (χ0v) is 25.0. The van der Waals surface area contributed by atoms with E-state index >= 15 is 0 Å². The van der Waals surface area contributed by atoms with Crippen molar-refractivity contribution in [1.29, 1.82) is 0 Å². The maximum atomic E-state index is 12.9. The van der Waals surface area contributed by atoms with Crippen LogP contribution in [0.2, 0.25) is 0 Å².